The van der Waals surface area contributed by atoms with E-state index in [9.17, 15) is 5.11 Å². The van der Waals surface area contributed by atoms with Crippen molar-refractivity contribution in [3.05, 3.63) is 29.3 Å². The topological polar surface area (TPSA) is 23.5 Å². The fourth-order valence-electron chi connectivity index (χ4n) is 5.18. The van der Waals surface area contributed by atoms with Gasteiger partial charge in [-0.25, -0.2) is 0 Å². The van der Waals surface area contributed by atoms with Gasteiger partial charge in [0, 0.05) is 11.5 Å². The Morgan fingerprint density at radius 3 is 2.95 bits per heavy atom. The lowest BCUT2D eigenvalue weighted by Gasteiger charge is -2.58. The van der Waals surface area contributed by atoms with Gasteiger partial charge in [-0.3, -0.25) is 0 Å². The quantitative estimate of drug-likeness (QED) is 0.780. The van der Waals surface area contributed by atoms with Gasteiger partial charge in [0.1, 0.15) is 5.75 Å². The van der Waals surface area contributed by atoms with Crippen molar-refractivity contribution in [2.75, 3.05) is 13.6 Å². The van der Waals surface area contributed by atoms with E-state index in [-0.39, 0.29) is 17.0 Å². The number of likely N-dealkylation sites (N-methyl/N-ethyl adjacent to an activating group) is 1. The van der Waals surface area contributed by atoms with E-state index in [1.165, 1.54) is 56.2 Å². The molecule has 2 bridgehead atoms. The Balaban J connectivity index is 0.00000121. The van der Waals surface area contributed by atoms with Gasteiger partial charge in [0.05, 0.1) is 0 Å². The number of phenolic OH excluding ortho intramolecular Hbond substituents is 1. The summed E-state index contributed by atoms with van der Waals surface area (Å²) in [6, 6.07) is 6.85. The predicted octanol–water partition coefficient (Wildman–Crippen LogP) is 3.66. The molecule has 20 heavy (non-hydrogen) atoms. The van der Waals surface area contributed by atoms with Crippen LogP contribution >= 0.6 is 17.0 Å². The van der Waals surface area contributed by atoms with E-state index in [2.05, 4.69) is 24.1 Å². The molecular weight excluding hydrogens is 314 g/mol. The Morgan fingerprint density at radius 1 is 1.25 bits per heavy atom. The lowest BCUT2D eigenvalue weighted by Crippen LogP contribution is -2.59. The van der Waals surface area contributed by atoms with Crippen molar-refractivity contribution in [1.82, 2.24) is 4.90 Å². The second-order valence-electron chi connectivity index (χ2n) is 6.85. The van der Waals surface area contributed by atoms with Crippen LogP contribution in [0.15, 0.2) is 18.2 Å². The summed E-state index contributed by atoms with van der Waals surface area (Å²) >= 11 is 0. The molecule has 0 radical (unpaired) electrons. The molecule has 1 aliphatic heterocycles. The molecule has 3 heteroatoms. The number of hydrogen-bond donors (Lipinski definition) is 1. The lowest BCUT2D eigenvalue weighted by molar-refractivity contribution is 0.00274. The average molecular weight is 338 g/mol. The van der Waals surface area contributed by atoms with Gasteiger partial charge < -0.3 is 10.0 Å². The Kier molecular flexibility index (Phi) is 3.62. The molecule has 2 aliphatic carbocycles. The third kappa shape index (κ3) is 1.86. The number of piperidine rings is 1. The van der Waals surface area contributed by atoms with Crippen LogP contribution in [0.2, 0.25) is 0 Å². The van der Waals surface area contributed by atoms with Gasteiger partial charge in [-0.2, -0.15) is 0 Å². The fraction of sp³-hybridized carbons (Fsp3) is 0.647. The number of benzene rings is 1. The van der Waals surface area contributed by atoms with E-state index in [0.717, 1.165) is 12.0 Å². The first kappa shape index (κ1) is 14.4. The third-order valence-electron chi connectivity index (χ3n) is 6.10. The molecule has 4 rings (SSSR count). The minimum absolute atomic E-state index is 0. The van der Waals surface area contributed by atoms with E-state index < -0.39 is 0 Å². The molecule has 1 saturated heterocycles. The Hall–Kier alpha value is -0.540. The number of halogens is 1. The van der Waals surface area contributed by atoms with Crippen molar-refractivity contribution in [2.45, 2.75) is 50.0 Å². The van der Waals surface area contributed by atoms with E-state index in [4.69, 9.17) is 0 Å². The molecule has 1 saturated carbocycles. The van der Waals surface area contributed by atoms with Crippen LogP contribution in [-0.4, -0.2) is 29.6 Å². The molecule has 1 N–H and O–H groups in total. The van der Waals surface area contributed by atoms with Crippen LogP contribution in [0.3, 0.4) is 0 Å². The number of rotatable bonds is 0. The summed E-state index contributed by atoms with van der Waals surface area (Å²) in [6.07, 6.45) is 7.93. The monoisotopic (exact) mass is 337 g/mol. The van der Waals surface area contributed by atoms with Gasteiger partial charge in [0.2, 0.25) is 0 Å². The summed E-state index contributed by atoms with van der Waals surface area (Å²) in [5.74, 6) is 1.27. The van der Waals surface area contributed by atoms with Crippen molar-refractivity contribution in [3.8, 4) is 5.75 Å². The highest BCUT2D eigenvalue weighted by Gasteiger charge is 2.52. The zero-order valence-corrected chi connectivity index (χ0v) is 13.9. The number of likely N-dealkylation sites (tertiary alicyclic amines) is 1. The number of hydrogen-bond acceptors (Lipinski definition) is 2. The maximum atomic E-state index is 9.91. The summed E-state index contributed by atoms with van der Waals surface area (Å²) in [6.45, 7) is 1.22. The summed E-state index contributed by atoms with van der Waals surface area (Å²) in [5, 5.41) is 9.91. The van der Waals surface area contributed by atoms with E-state index in [1.54, 1.807) is 0 Å². The predicted molar refractivity (Wildman–Crippen MR) is 86.8 cm³/mol. The minimum atomic E-state index is 0. The molecular formula is C17H24BrNO. The lowest BCUT2D eigenvalue weighted by atomic mass is 9.52. The van der Waals surface area contributed by atoms with Crippen molar-refractivity contribution in [1.29, 1.82) is 0 Å². The third-order valence-corrected chi connectivity index (χ3v) is 6.10. The molecule has 110 valence electrons. The average Bonchev–Trinajstić information content (AvgIpc) is 2.43. The molecule has 1 heterocycles. The molecule has 1 unspecified atom stereocenters. The molecule has 1 aromatic rings. The van der Waals surface area contributed by atoms with Gasteiger partial charge >= 0.3 is 0 Å². The van der Waals surface area contributed by atoms with Gasteiger partial charge in [-0.1, -0.05) is 18.9 Å². The van der Waals surface area contributed by atoms with Crippen molar-refractivity contribution < 1.29 is 5.11 Å². The largest absolute Gasteiger partial charge is 0.508 e. The summed E-state index contributed by atoms with van der Waals surface area (Å²) in [4.78, 5) is 2.59. The molecule has 0 spiro atoms. The van der Waals surface area contributed by atoms with Crippen LogP contribution in [0.25, 0.3) is 0 Å². The fourth-order valence-corrected chi connectivity index (χ4v) is 5.18. The zero-order chi connectivity index (χ0) is 13.0. The van der Waals surface area contributed by atoms with E-state index in [0.29, 0.717) is 11.2 Å². The second kappa shape index (κ2) is 5.03. The van der Waals surface area contributed by atoms with Gasteiger partial charge in [-0.05, 0) is 68.5 Å². The SMILES string of the molecule is Br.CN1CCC23CCCC[C@H]2[C@H]1Cc1ccc(O)cc13. The molecule has 2 fully saturated rings. The Morgan fingerprint density at radius 2 is 2.10 bits per heavy atom. The van der Waals surface area contributed by atoms with Crippen molar-refractivity contribution >= 4 is 17.0 Å². The normalized spacial score (nSPS) is 35.6. The van der Waals surface area contributed by atoms with Crippen LogP contribution < -0.4 is 0 Å². The van der Waals surface area contributed by atoms with Gasteiger partial charge in [0.25, 0.3) is 0 Å². The Labute approximate surface area is 131 Å². The van der Waals surface area contributed by atoms with E-state index in [1.807, 2.05) is 6.07 Å². The number of fused-ring (bicyclic) bond motifs is 1. The first-order valence-electron chi connectivity index (χ1n) is 7.73. The summed E-state index contributed by atoms with van der Waals surface area (Å²) in [5.41, 5.74) is 3.36. The summed E-state index contributed by atoms with van der Waals surface area (Å²) in [7, 11) is 2.30. The smallest absolute Gasteiger partial charge is 0.115 e. The van der Waals surface area contributed by atoms with Crippen LogP contribution in [0.4, 0.5) is 0 Å². The summed E-state index contributed by atoms with van der Waals surface area (Å²) < 4.78 is 0. The van der Waals surface area contributed by atoms with Crippen molar-refractivity contribution in [2.24, 2.45) is 5.92 Å². The van der Waals surface area contributed by atoms with Crippen LogP contribution in [0.1, 0.15) is 43.2 Å². The maximum absolute atomic E-state index is 9.91. The second-order valence-corrected chi connectivity index (χ2v) is 6.85. The van der Waals surface area contributed by atoms with Crippen LogP contribution in [0.5, 0.6) is 5.75 Å². The van der Waals surface area contributed by atoms with Gasteiger partial charge in [-0.15, -0.1) is 17.0 Å². The molecule has 0 amide bonds. The first-order valence-corrected chi connectivity index (χ1v) is 7.73. The highest BCUT2D eigenvalue weighted by molar-refractivity contribution is 8.93. The Bertz CT molecular complexity index is 518. The molecule has 1 aromatic carbocycles. The standard InChI is InChI=1S/C17H23NO.BrH/c1-18-9-8-17-7-3-2-4-14(17)16(18)10-12-5-6-13(19)11-15(12)17;/h5-6,11,14,16,19H,2-4,7-10H2,1H3;1H/t14-,16+,17?;/m0./s1. The number of nitrogens with zero attached hydrogens (tertiary/aromatic N) is 1. The van der Waals surface area contributed by atoms with Crippen molar-refractivity contribution in [3.63, 3.8) is 0 Å². The number of aromatic hydroxyl groups is 1. The molecule has 0 aromatic heterocycles. The number of phenols is 1. The molecule has 3 atom stereocenters. The minimum Gasteiger partial charge on any atom is -0.508 e. The highest BCUT2D eigenvalue weighted by Crippen LogP contribution is 2.55. The van der Waals surface area contributed by atoms with Crippen LogP contribution in [-0.2, 0) is 11.8 Å². The van der Waals surface area contributed by atoms with E-state index >= 15 is 0 Å². The highest BCUT2D eigenvalue weighted by atomic mass is 79.9. The molecule has 3 aliphatic rings. The zero-order valence-electron chi connectivity index (χ0n) is 12.1. The molecule has 2 nitrogen and oxygen atoms in total. The maximum Gasteiger partial charge on any atom is 0.115 e. The first-order chi connectivity index (χ1) is 9.21. The van der Waals surface area contributed by atoms with Crippen LogP contribution in [0, 0.1) is 5.92 Å². The van der Waals surface area contributed by atoms with Gasteiger partial charge in [0.15, 0.2) is 0 Å².